The van der Waals surface area contributed by atoms with Gasteiger partial charge in [0, 0.05) is 30.2 Å². The first-order valence-electron chi connectivity index (χ1n) is 7.65. The number of hydrogen-bond acceptors (Lipinski definition) is 3. The van der Waals surface area contributed by atoms with E-state index in [0.29, 0.717) is 12.1 Å². The molecule has 0 aliphatic rings. The molecule has 0 bridgehead atoms. The third-order valence-corrected chi connectivity index (χ3v) is 3.73. The van der Waals surface area contributed by atoms with Gasteiger partial charge in [-0.2, -0.15) is 0 Å². The van der Waals surface area contributed by atoms with E-state index >= 15 is 0 Å². The van der Waals surface area contributed by atoms with Gasteiger partial charge in [0.1, 0.15) is 0 Å². The van der Waals surface area contributed by atoms with Gasteiger partial charge in [0.05, 0.1) is 12.6 Å². The molecule has 3 aromatic rings. The van der Waals surface area contributed by atoms with Crippen molar-refractivity contribution >= 4 is 5.91 Å². The van der Waals surface area contributed by atoms with E-state index < -0.39 is 0 Å². The summed E-state index contributed by atoms with van der Waals surface area (Å²) in [6.45, 7) is 0.362. The largest absolute Gasteiger partial charge is 0.343 e. The highest BCUT2D eigenvalue weighted by Gasteiger charge is 2.16. The molecule has 24 heavy (non-hydrogen) atoms. The first-order valence-corrected chi connectivity index (χ1v) is 7.65. The number of amides is 1. The van der Waals surface area contributed by atoms with Crippen molar-refractivity contribution in [3.05, 3.63) is 101 Å². The molecule has 1 atom stereocenters. The van der Waals surface area contributed by atoms with Crippen molar-refractivity contribution in [2.45, 2.75) is 12.6 Å². The molecule has 5 heteroatoms. The number of carbonyl (C=O) groups excluding carboxylic acids is 1. The molecule has 1 N–H and O–H groups in total. The van der Waals surface area contributed by atoms with Gasteiger partial charge in [0.15, 0.2) is 0 Å². The summed E-state index contributed by atoms with van der Waals surface area (Å²) in [6.07, 6.45) is 4.87. The molecule has 2 aromatic heterocycles. The van der Waals surface area contributed by atoms with Crippen LogP contribution in [0.4, 0.5) is 0 Å². The van der Waals surface area contributed by atoms with Crippen LogP contribution in [0.1, 0.15) is 22.0 Å². The van der Waals surface area contributed by atoms with Gasteiger partial charge in [-0.15, -0.1) is 0 Å². The van der Waals surface area contributed by atoms with Gasteiger partial charge in [-0.1, -0.05) is 36.4 Å². The zero-order valence-electron chi connectivity index (χ0n) is 13.0. The van der Waals surface area contributed by atoms with E-state index in [1.54, 1.807) is 47.4 Å². The Morgan fingerprint density at radius 2 is 1.71 bits per heavy atom. The number of rotatable bonds is 5. The maximum atomic E-state index is 12.5. The van der Waals surface area contributed by atoms with Crippen LogP contribution < -0.4 is 10.9 Å². The summed E-state index contributed by atoms with van der Waals surface area (Å²) >= 11 is 0. The Bertz CT molecular complexity index is 860. The molecular formula is C19H17N3O2. The average Bonchev–Trinajstić information content (AvgIpc) is 2.64. The molecule has 0 unspecified atom stereocenters. The first-order chi connectivity index (χ1) is 11.7. The summed E-state index contributed by atoms with van der Waals surface area (Å²) in [4.78, 5) is 28.4. The monoisotopic (exact) mass is 319 g/mol. The van der Waals surface area contributed by atoms with Gasteiger partial charge in [-0.05, 0) is 23.8 Å². The molecule has 120 valence electrons. The van der Waals surface area contributed by atoms with Gasteiger partial charge in [0.25, 0.3) is 11.5 Å². The summed E-state index contributed by atoms with van der Waals surface area (Å²) in [5.41, 5.74) is 1.37. The number of hydrogen-bond donors (Lipinski definition) is 1. The minimum Gasteiger partial charge on any atom is -0.343 e. The highest BCUT2D eigenvalue weighted by Crippen LogP contribution is 2.15. The van der Waals surface area contributed by atoms with Crippen LogP contribution in [0.15, 0.2) is 84.0 Å². The molecule has 0 saturated carbocycles. The number of benzene rings is 1. The topological polar surface area (TPSA) is 64.0 Å². The molecule has 1 amide bonds. The normalized spacial score (nSPS) is 11.7. The third-order valence-electron chi connectivity index (χ3n) is 3.73. The van der Waals surface area contributed by atoms with Gasteiger partial charge < -0.3 is 9.88 Å². The molecule has 5 nitrogen and oxygen atoms in total. The van der Waals surface area contributed by atoms with E-state index in [-0.39, 0.29) is 17.5 Å². The van der Waals surface area contributed by atoms with Gasteiger partial charge in [-0.3, -0.25) is 14.6 Å². The fraction of sp³-hybridized carbons (Fsp3) is 0.105. The Kier molecular flexibility index (Phi) is 4.81. The van der Waals surface area contributed by atoms with Crippen molar-refractivity contribution in [2.24, 2.45) is 0 Å². The van der Waals surface area contributed by atoms with Crippen molar-refractivity contribution in [2.75, 3.05) is 0 Å². The summed E-state index contributed by atoms with van der Waals surface area (Å²) in [5.74, 6) is -0.199. The zero-order chi connectivity index (χ0) is 16.8. The number of nitrogens with zero attached hydrogens (tertiary/aromatic N) is 2. The lowest BCUT2D eigenvalue weighted by Crippen LogP contribution is -2.34. The molecule has 0 radical (unpaired) electrons. The second-order valence-electron chi connectivity index (χ2n) is 5.36. The average molecular weight is 319 g/mol. The van der Waals surface area contributed by atoms with Crippen molar-refractivity contribution in [1.29, 1.82) is 0 Å². The molecule has 0 aliphatic carbocycles. The lowest BCUT2D eigenvalue weighted by Gasteiger charge is -2.20. The van der Waals surface area contributed by atoms with Gasteiger partial charge in [-0.25, -0.2) is 0 Å². The van der Waals surface area contributed by atoms with Crippen molar-refractivity contribution in [1.82, 2.24) is 14.9 Å². The lowest BCUT2D eigenvalue weighted by atomic mass is 10.1. The fourth-order valence-electron chi connectivity index (χ4n) is 2.47. The number of carbonyl (C=O) groups is 1. The Hall–Kier alpha value is -3.21. The van der Waals surface area contributed by atoms with Crippen LogP contribution >= 0.6 is 0 Å². The summed E-state index contributed by atoms with van der Waals surface area (Å²) in [7, 11) is 0. The highest BCUT2D eigenvalue weighted by atomic mass is 16.2. The zero-order valence-corrected chi connectivity index (χ0v) is 13.0. The van der Waals surface area contributed by atoms with Gasteiger partial charge >= 0.3 is 0 Å². The van der Waals surface area contributed by atoms with E-state index in [9.17, 15) is 9.59 Å². The predicted octanol–water partition coefficient (Wildman–Crippen LogP) is 2.41. The van der Waals surface area contributed by atoms with Crippen LogP contribution in [0.2, 0.25) is 0 Å². The smallest absolute Gasteiger partial charge is 0.251 e. The van der Waals surface area contributed by atoms with Gasteiger partial charge in [0.2, 0.25) is 0 Å². The third kappa shape index (κ3) is 3.76. The first kappa shape index (κ1) is 15.7. The maximum Gasteiger partial charge on any atom is 0.251 e. The Balaban J connectivity index is 1.87. The lowest BCUT2D eigenvalue weighted by molar-refractivity contribution is 0.0932. The molecule has 1 aromatic carbocycles. The van der Waals surface area contributed by atoms with Crippen molar-refractivity contribution in [3.63, 3.8) is 0 Å². The Morgan fingerprint density at radius 1 is 1.00 bits per heavy atom. The number of nitrogens with one attached hydrogen (secondary N) is 1. The van der Waals surface area contributed by atoms with Crippen LogP contribution in [-0.4, -0.2) is 15.5 Å². The Labute approximate surface area is 139 Å². The molecule has 0 spiro atoms. The van der Waals surface area contributed by atoms with E-state index in [1.165, 1.54) is 6.07 Å². The van der Waals surface area contributed by atoms with Crippen LogP contribution in [0, 0.1) is 0 Å². The maximum absolute atomic E-state index is 12.5. The van der Waals surface area contributed by atoms with Crippen LogP contribution in [-0.2, 0) is 6.54 Å². The minimum atomic E-state index is -0.313. The predicted molar refractivity (Wildman–Crippen MR) is 91.6 cm³/mol. The van der Waals surface area contributed by atoms with Crippen LogP contribution in [0.5, 0.6) is 0 Å². The quantitative estimate of drug-likeness (QED) is 0.785. The second-order valence-corrected chi connectivity index (χ2v) is 5.36. The Morgan fingerprint density at radius 3 is 2.42 bits per heavy atom. The van der Waals surface area contributed by atoms with E-state index in [4.69, 9.17) is 0 Å². The molecule has 0 aliphatic heterocycles. The van der Waals surface area contributed by atoms with Crippen LogP contribution in [0.25, 0.3) is 0 Å². The molecular weight excluding hydrogens is 302 g/mol. The fourth-order valence-corrected chi connectivity index (χ4v) is 2.47. The van der Waals surface area contributed by atoms with E-state index in [2.05, 4.69) is 10.3 Å². The standard InChI is InChI=1S/C19H17N3O2/c23-18-8-4-5-13-22(18)14-17(15-6-2-1-3-7-15)21-19(24)16-9-11-20-12-10-16/h1-13,17H,14H2,(H,21,24)/t17-/m0/s1. The van der Waals surface area contributed by atoms with E-state index in [0.717, 1.165) is 5.56 Å². The number of pyridine rings is 2. The van der Waals surface area contributed by atoms with Crippen LogP contribution in [0.3, 0.4) is 0 Å². The van der Waals surface area contributed by atoms with Crippen molar-refractivity contribution in [3.8, 4) is 0 Å². The number of aromatic nitrogens is 2. The molecule has 3 rings (SSSR count). The summed E-state index contributed by atoms with van der Waals surface area (Å²) in [6, 6.07) is 17.6. The molecule has 0 fully saturated rings. The second kappa shape index (κ2) is 7.37. The van der Waals surface area contributed by atoms with E-state index in [1.807, 2.05) is 30.3 Å². The minimum absolute atomic E-state index is 0.100. The molecule has 0 saturated heterocycles. The highest BCUT2D eigenvalue weighted by molar-refractivity contribution is 5.94. The SMILES string of the molecule is O=C(N[C@@H](Cn1ccccc1=O)c1ccccc1)c1ccncc1. The molecule has 2 heterocycles. The van der Waals surface area contributed by atoms with Crippen molar-refractivity contribution < 1.29 is 4.79 Å². The summed E-state index contributed by atoms with van der Waals surface area (Å²) in [5, 5.41) is 3.00. The summed E-state index contributed by atoms with van der Waals surface area (Å²) < 4.78 is 1.59.